The molecular formula is C42H35ClFN3O6. The van der Waals surface area contributed by atoms with Gasteiger partial charge in [0.1, 0.15) is 5.82 Å². The number of phenols is 1. The lowest BCUT2D eigenvalue weighted by atomic mass is 9.49. The monoisotopic (exact) mass is 731 g/mol. The number of carbonyl (C=O) groups is 4. The number of hydrogen-bond acceptors (Lipinski definition) is 7. The van der Waals surface area contributed by atoms with Gasteiger partial charge in [-0.25, -0.2) is 4.39 Å². The number of aromatic hydroxyl groups is 1. The molecule has 2 aliphatic carbocycles. The van der Waals surface area contributed by atoms with Crippen molar-refractivity contribution >= 4 is 52.7 Å². The highest BCUT2D eigenvalue weighted by atomic mass is 35.5. The molecule has 268 valence electrons. The summed E-state index contributed by atoms with van der Waals surface area (Å²) in [5.74, 6) is -6.04. The van der Waals surface area contributed by atoms with E-state index in [4.69, 9.17) is 16.3 Å². The minimum absolute atomic E-state index is 0.0942. The largest absolute Gasteiger partial charge is 0.504 e. The maximum absolute atomic E-state index is 15.3. The van der Waals surface area contributed by atoms with Gasteiger partial charge in [0, 0.05) is 10.9 Å². The van der Waals surface area contributed by atoms with Crippen molar-refractivity contribution in [3.8, 4) is 11.5 Å². The third kappa shape index (κ3) is 5.26. The van der Waals surface area contributed by atoms with Gasteiger partial charge >= 0.3 is 0 Å². The lowest BCUT2D eigenvalue weighted by molar-refractivity contribution is -0.138. The number of carbonyl (C=O) groups excluding carboxylic acids is 4. The fraction of sp³-hybridized carbons (Fsp3) is 0.238. The molecule has 0 unspecified atom stereocenters. The third-order valence-corrected chi connectivity index (χ3v) is 11.5. The number of nitrogens with zero attached hydrogens (tertiary/aromatic N) is 2. The van der Waals surface area contributed by atoms with Crippen molar-refractivity contribution < 1.29 is 33.4 Å². The van der Waals surface area contributed by atoms with Gasteiger partial charge in [-0.1, -0.05) is 66.2 Å². The summed E-state index contributed by atoms with van der Waals surface area (Å²) < 4.78 is 19.7. The van der Waals surface area contributed by atoms with Crippen LogP contribution in [0.1, 0.15) is 42.4 Å². The molecule has 8 rings (SSSR count). The van der Waals surface area contributed by atoms with Crippen molar-refractivity contribution in [3.05, 3.63) is 137 Å². The summed E-state index contributed by atoms with van der Waals surface area (Å²) in [4.78, 5) is 59.9. The molecular weight excluding hydrogens is 697 g/mol. The van der Waals surface area contributed by atoms with Crippen molar-refractivity contribution in [2.24, 2.45) is 23.7 Å². The molecule has 9 nitrogen and oxygen atoms in total. The molecule has 2 aliphatic heterocycles. The van der Waals surface area contributed by atoms with Gasteiger partial charge in [-0.3, -0.25) is 29.5 Å². The zero-order valence-corrected chi connectivity index (χ0v) is 29.4. The van der Waals surface area contributed by atoms with Gasteiger partial charge in [-0.05, 0) is 103 Å². The Morgan fingerprint density at radius 1 is 0.943 bits per heavy atom. The van der Waals surface area contributed by atoms with E-state index in [0.717, 1.165) is 16.1 Å². The van der Waals surface area contributed by atoms with Gasteiger partial charge in [-0.2, -0.15) is 5.01 Å². The highest BCUT2D eigenvalue weighted by Gasteiger charge is 2.70. The van der Waals surface area contributed by atoms with Crippen molar-refractivity contribution in [2.75, 3.05) is 16.9 Å². The number of hydrazine groups is 1. The van der Waals surface area contributed by atoms with Crippen LogP contribution >= 0.6 is 11.6 Å². The number of ether oxygens (including phenoxy) is 1. The summed E-state index contributed by atoms with van der Waals surface area (Å²) in [5.41, 5.74) is 4.86. The highest BCUT2D eigenvalue weighted by Crippen LogP contribution is 2.64. The summed E-state index contributed by atoms with van der Waals surface area (Å²) in [6.45, 7) is 5.83. The van der Waals surface area contributed by atoms with E-state index in [0.29, 0.717) is 27.5 Å². The summed E-state index contributed by atoms with van der Waals surface area (Å²) in [5, 5.41) is 12.2. The number of hydrogen-bond donors (Lipinski definition) is 2. The van der Waals surface area contributed by atoms with E-state index in [2.05, 4.69) is 12.0 Å². The van der Waals surface area contributed by atoms with Crippen LogP contribution in [-0.2, 0) is 24.6 Å². The summed E-state index contributed by atoms with van der Waals surface area (Å²) in [6.07, 6.45) is 3.98. The molecule has 2 N–H and O–H groups in total. The molecule has 1 saturated carbocycles. The molecule has 0 spiro atoms. The third-order valence-electron chi connectivity index (χ3n) is 11.3. The van der Waals surface area contributed by atoms with Crippen LogP contribution in [-0.4, -0.2) is 40.4 Å². The number of halogens is 2. The van der Waals surface area contributed by atoms with E-state index < -0.39 is 52.6 Å². The van der Waals surface area contributed by atoms with Crippen molar-refractivity contribution in [1.29, 1.82) is 0 Å². The van der Waals surface area contributed by atoms with Gasteiger partial charge in [0.25, 0.3) is 11.8 Å². The Balaban J connectivity index is 1.32. The Bertz CT molecular complexity index is 2210. The van der Waals surface area contributed by atoms with Crippen LogP contribution in [0.25, 0.3) is 6.08 Å². The lowest BCUT2D eigenvalue weighted by Crippen LogP contribution is -2.53. The molecule has 0 aromatic heterocycles. The van der Waals surface area contributed by atoms with Gasteiger partial charge in [0.15, 0.2) is 11.5 Å². The molecule has 2 heterocycles. The summed E-state index contributed by atoms with van der Waals surface area (Å²) >= 11 is 6.37. The lowest BCUT2D eigenvalue weighted by Gasteiger charge is -2.50. The number of fused-ring (bicyclic) bond motifs is 4. The predicted octanol–water partition coefficient (Wildman–Crippen LogP) is 7.42. The molecule has 2 saturated heterocycles. The van der Waals surface area contributed by atoms with Crippen LogP contribution < -0.4 is 15.1 Å². The molecule has 3 fully saturated rings. The first-order valence-corrected chi connectivity index (χ1v) is 17.9. The topological polar surface area (TPSA) is 116 Å². The summed E-state index contributed by atoms with van der Waals surface area (Å²) in [6, 6.07) is 24.0. The second kappa shape index (κ2) is 13.0. The van der Waals surface area contributed by atoms with E-state index in [9.17, 15) is 23.9 Å². The van der Waals surface area contributed by atoms with E-state index >= 15 is 4.79 Å². The van der Waals surface area contributed by atoms with Crippen molar-refractivity contribution in [1.82, 2.24) is 5.01 Å². The molecule has 4 aliphatic rings. The molecule has 53 heavy (non-hydrogen) atoms. The molecule has 0 radical (unpaired) electrons. The number of allylic oxidation sites excluding steroid dienone is 2. The smallest absolute Gasteiger partial charge is 0.260 e. The van der Waals surface area contributed by atoms with Crippen molar-refractivity contribution in [3.63, 3.8) is 0 Å². The van der Waals surface area contributed by atoms with Gasteiger partial charge in [0.2, 0.25) is 11.8 Å². The quantitative estimate of drug-likeness (QED) is 0.143. The Morgan fingerprint density at radius 2 is 1.66 bits per heavy atom. The average Bonchev–Trinajstić information content (AvgIpc) is 3.54. The number of imide groups is 2. The van der Waals surface area contributed by atoms with E-state index in [-0.39, 0.29) is 42.8 Å². The Morgan fingerprint density at radius 3 is 2.34 bits per heavy atom. The van der Waals surface area contributed by atoms with Gasteiger partial charge in [-0.15, -0.1) is 0 Å². The van der Waals surface area contributed by atoms with Crippen LogP contribution in [0.3, 0.4) is 0 Å². The fourth-order valence-corrected chi connectivity index (χ4v) is 9.15. The number of nitrogens with one attached hydrogen (secondary N) is 1. The van der Waals surface area contributed by atoms with Crippen LogP contribution in [0.4, 0.5) is 15.8 Å². The average molecular weight is 732 g/mol. The van der Waals surface area contributed by atoms with E-state index in [1.807, 2.05) is 6.08 Å². The molecule has 4 aromatic carbocycles. The first-order chi connectivity index (χ1) is 25.6. The Labute approximate surface area is 310 Å². The Hall–Kier alpha value is -5.74. The first-order valence-electron chi connectivity index (χ1n) is 17.5. The van der Waals surface area contributed by atoms with Crippen LogP contribution in [0.5, 0.6) is 11.5 Å². The predicted molar refractivity (Wildman–Crippen MR) is 197 cm³/mol. The number of amides is 4. The van der Waals surface area contributed by atoms with E-state index in [1.54, 1.807) is 73.7 Å². The van der Waals surface area contributed by atoms with E-state index in [1.165, 1.54) is 35.2 Å². The number of benzene rings is 4. The second-order valence-electron chi connectivity index (χ2n) is 13.8. The standard InChI is InChI=1S/C42H35ClFN3O6/c1-3-23-5-16-29(17-6-23)46-38(49)31-19-18-30-32(36(31)40(46)51)22-33-39(50)47(45-28-14-12-27(44)13-15-28)41(52)42(33,25-8-10-26(43)11-9-25)37(30)24-7-20-34(48)35(21-24)53-4-2/h3,5-18,20-21,31-33,36-37,45,48H,1,4,19,22H2,2H3/t31-,32+,33-,36-,37-,42+/m0/s1. The molecule has 0 bridgehead atoms. The zero-order valence-electron chi connectivity index (χ0n) is 28.7. The zero-order chi connectivity index (χ0) is 37.2. The number of rotatable bonds is 8. The van der Waals surface area contributed by atoms with Crippen LogP contribution in [0, 0.1) is 29.5 Å². The molecule has 6 atom stereocenters. The van der Waals surface area contributed by atoms with Gasteiger partial charge in [0.05, 0.1) is 41.2 Å². The maximum atomic E-state index is 15.3. The van der Waals surface area contributed by atoms with Gasteiger partial charge < -0.3 is 9.84 Å². The summed E-state index contributed by atoms with van der Waals surface area (Å²) in [7, 11) is 0. The second-order valence-corrected chi connectivity index (χ2v) is 14.3. The number of phenolic OH excluding ortho intramolecular Hbond substituents is 1. The minimum Gasteiger partial charge on any atom is -0.504 e. The molecule has 4 amide bonds. The Kier molecular flexibility index (Phi) is 8.45. The molecule has 11 heteroatoms. The molecule has 4 aromatic rings. The SMILES string of the molecule is C=Cc1ccc(N2C(=O)[C@H]3[C@H](CC=C4[C@H]3C[C@H]3C(=O)N(Nc5ccc(F)cc5)C(=O)[C@@]3(c3ccc(Cl)cc3)[C@H]4c3ccc(O)c(OCC)c3)C2=O)cc1. The fourth-order valence-electron chi connectivity index (χ4n) is 9.03. The van der Waals surface area contributed by atoms with Crippen LogP contribution in [0.2, 0.25) is 5.02 Å². The van der Waals surface area contributed by atoms with Crippen molar-refractivity contribution in [2.45, 2.75) is 31.1 Å². The maximum Gasteiger partial charge on any atom is 0.260 e. The first kappa shape index (κ1) is 34.4. The highest BCUT2D eigenvalue weighted by molar-refractivity contribution is 6.30. The minimum atomic E-state index is -1.56. The number of anilines is 2. The van der Waals surface area contributed by atoms with Crippen LogP contribution in [0.15, 0.2) is 109 Å². The normalized spacial score (nSPS) is 26.2.